The number of Topliss-reactive ketones (excluding diaryl/α,β-unsaturated/α-hetero) is 1. The number of ether oxygens (including phenoxy) is 2. The van der Waals surface area contributed by atoms with Crippen molar-refractivity contribution in [2.75, 3.05) is 13.2 Å². The number of carbonyl (C=O) groups is 3. The summed E-state index contributed by atoms with van der Waals surface area (Å²) in [5.41, 5.74) is -1.28. The molecule has 2 N–H and O–H groups in total. The molecule has 222 valence electrons. The molecule has 1 amide bonds. The zero-order valence-corrected chi connectivity index (χ0v) is 22.6. The predicted octanol–water partition coefficient (Wildman–Crippen LogP) is 4.96. The van der Waals surface area contributed by atoms with Crippen LogP contribution in [0, 0.1) is 23.3 Å². The lowest BCUT2D eigenvalue weighted by molar-refractivity contribution is -0.148. The normalized spacial score (nSPS) is 16.9. The van der Waals surface area contributed by atoms with E-state index in [1.807, 2.05) is 24.3 Å². The van der Waals surface area contributed by atoms with Crippen LogP contribution >= 0.6 is 11.6 Å². The van der Waals surface area contributed by atoms with Crippen LogP contribution in [-0.4, -0.2) is 53.3 Å². The molecular weight excluding hydrogens is 588 g/mol. The summed E-state index contributed by atoms with van der Waals surface area (Å²) in [4.78, 5) is 42.8. The van der Waals surface area contributed by atoms with E-state index in [1.54, 1.807) is 19.1 Å². The van der Waals surface area contributed by atoms with Crippen LogP contribution in [0.25, 0.3) is 10.8 Å². The van der Waals surface area contributed by atoms with E-state index in [0.29, 0.717) is 16.5 Å². The van der Waals surface area contributed by atoms with E-state index in [-0.39, 0.29) is 25.5 Å². The van der Waals surface area contributed by atoms with Crippen LogP contribution in [0.3, 0.4) is 0 Å². The Morgan fingerprint density at radius 3 is 2.38 bits per heavy atom. The molecule has 1 aliphatic rings. The number of benzene rings is 3. The predicted molar refractivity (Wildman–Crippen MR) is 142 cm³/mol. The second-order valence-electron chi connectivity index (χ2n) is 9.33. The van der Waals surface area contributed by atoms with E-state index in [2.05, 4.69) is 15.2 Å². The molecule has 3 aromatic carbocycles. The van der Waals surface area contributed by atoms with Crippen LogP contribution in [0.5, 0.6) is 11.5 Å². The van der Waals surface area contributed by atoms with Crippen molar-refractivity contribution < 1.29 is 51.4 Å². The number of halogens is 5. The number of nitrogens with zero attached hydrogens (tertiary/aromatic N) is 1. The number of fused-ring (bicyclic) bond motifs is 1. The molecule has 0 radical (unpaired) electrons. The van der Waals surface area contributed by atoms with Gasteiger partial charge in [-0.25, -0.2) is 8.78 Å². The fourth-order valence-corrected chi connectivity index (χ4v) is 4.48. The standard InChI is InChI=1S/C28H23ClF4N2O7/c1-2-28(11-14(35-42-28)12-40-22-8-7-17(29)15-5-3-4-6-16(15)22)27(39)34-20(10-23(37)38)21(36)13-41-26-24(32)18(30)9-19(31)25(26)33/h3-9,20H,2,10-13H2,1H3,(H,34,39)(H,37,38)/t20-,28?/m0/s1. The van der Waals surface area contributed by atoms with Gasteiger partial charge < -0.3 is 24.7 Å². The molecular formula is C28H23ClF4N2O7. The number of aliphatic carboxylic acids is 1. The summed E-state index contributed by atoms with van der Waals surface area (Å²) < 4.78 is 65.2. The first kappa shape index (κ1) is 30.6. The lowest BCUT2D eigenvalue weighted by atomic mass is 9.92. The minimum Gasteiger partial charge on any atom is -0.487 e. The number of carboxylic acids is 1. The first-order valence-corrected chi connectivity index (χ1v) is 12.9. The van der Waals surface area contributed by atoms with Gasteiger partial charge in [0.2, 0.25) is 17.2 Å². The lowest BCUT2D eigenvalue weighted by Gasteiger charge is -2.26. The Morgan fingerprint density at radius 2 is 1.74 bits per heavy atom. The average molecular weight is 611 g/mol. The molecule has 0 bridgehead atoms. The fourth-order valence-electron chi connectivity index (χ4n) is 4.25. The number of carboxylic acid groups (broad SMARTS) is 1. The second kappa shape index (κ2) is 12.6. The Hall–Kier alpha value is -4.39. The number of hydrogen-bond acceptors (Lipinski definition) is 7. The molecule has 3 aromatic rings. The molecule has 0 saturated carbocycles. The van der Waals surface area contributed by atoms with Crippen LogP contribution in [0.1, 0.15) is 26.2 Å². The highest BCUT2D eigenvalue weighted by atomic mass is 35.5. The van der Waals surface area contributed by atoms with E-state index in [9.17, 15) is 37.1 Å². The minimum absolute atomic E-state index is 0.0440. The van der Waals surface area contributed by atoms with Crippen molar-refractivity contribution in [3.8, 4) is 11.5 Å². The molecule has 2 atom stereocenters. The molecule has 0 aliphatic carbocycles. The van der Waals surface area contributed by atoms with Crippen molar-refractivity contribution >= 4 is 45.7 Å². The number of amides is 1. The Bertz CT molecular complexity index is 1560. The van der Waals surface area contributed by atoms with Crippen LogP contribution in [0.4, 0.5) is 17.6 Å². The highest BCUT2D eigenvalue weighted by Gasteiger charge is 2.46. The fraction of sp³-hybridized carbons (Fsp3) is 0.286. The first-order chi connectivity index (χ1) is 20.0. The van der Waals surface area contributed by atoms with Crippen molar-refractivity contribution in [2.45, 2.75) is 37.8 Å². The molecule has 0 aromatic heterocycles. The van der Waals surface area contributed by atoms with Gasteiger partial charge in [-0.2, -0.15) is 8.78 Å². The maximum absolute atomic E-state index is 13.9. The number of hydrogen-bond donors (Lipinski definition) is 2. The third-order valence-electron chi connectivity index (χ3n) is 6.55. The van der Waals surface area contributed by atoms with Crippen LogP contribution < -0.4 is 14.8 Å². The minimum atomic E-state index is -1.89. The third-order valence-corrected chi connectivity index (χ3v) is 6.88. The quantitative estimate of drug-likeness (QED) is 0.219. The smallest absolute Gasteiger partial charge is 0.305 e. The highest BCUT2D eigenvalue weighted by Crippen LogP contribution is 2.33. The zero-order chi connectivity index (χ0) is 30.6. The van der Waals surface area contributed by atoms with Gasteiger partial charge in [-0.1, -0.05) is 47.9 Å². The van der Waals surface area contributed by atoms with Gasteiger partial charge >= 0.3 is 5.97 Å². The Balaban J connectivity index is 1.42. The average Bonchev–Trinajstić information content (AvgIpc) is 3.40. The first-order valence-electron chi connectivity index (χ1n) is 12.5. The van der Waals surface area contributed by atoms with E-state index in [0.717, 1.165) is 10.8 Å². The maximum Gasteiger partial charge on any atom is 0.305 e. The van der Waals surface area contributed by atoms with E-state index in [1.165, 1.54) is 0 Å². The Kier molecular flexibility index (Phi) is 9.20. The van der Waals surface area contributed by atoms with Gasteiger partial charge in [-0.15, -0.1) is 0 Å². The van der Waals surface area contributed by atoms with E-state index >= 15 is 0 Å². The van der Waals surface area contributed by atoms with Gasteiger partial charge in [0.25, 0.3) is 5.91 Å². The van der Waals surface area contributed by atoms with Crippen molar-refractivity contribution in [3.05, 3.63) is 70.8 Å². The molecule has 4 rings (SSSR count). The van der Waals surface area contributed by atoms with Crippen molar-refractivity contribution in [1.29, 1.82) is 0 Å². The van der Waals surface area contributed by atoms with Gasteiger partial charge in [0.1, 0.15) is 25.0 Å². The van der Waals surface area contributed by atoms with Crippen LogP contribution in [0.15, 0.2) is 47.6 Å². The molecule has 0 saturated heterocycles. The Labute approximate surface area is 241 Å². The molecule has 1 aliphatic heterocycles. The van der Waals surface area contributed by atoms with Crippen molar-refractivity contribution in [3.63, 3.8) is 0 Å². The largest absolute Gasteiger partial charge is 0.487 e. The molecule has 1 heterocycles. The topological polar surface area (TPSA) is 124 Å². The van der Waals surface area contributed by atoms with Gasteiger partial charge in [-0.05, 0) is 18.6 Å². The maximum atomic E-state index is 13.9. The van der Waals surface area contributed by atoms with Gasteiger partial charge in [0.05, 0.1) is 12.1 Å². The second-order valence-corrected chi connectivity index (χ2v) is 9.74. The van der Waals surface area contributed by atoms with E-state index < -0.39 is 71.3 Å². The molecule has 14 heteroatoms. The molecule has 42 heavy (non-hydrogen) atoms. The van der Waals surface area contributed by atoms with E-state index in [4.69, 9.17) is 21.2 Å². The number of rotatable bonds is 12. The Morgan fingerprint density at radius 1 is 1.07 bits per heavy atom. The molecule has 0 fully saturated rings. The van der Waals surface area contributed by atoms with Crippen LogP contribution in [0.2, 0.25) is 5.02 Å². The molecule has 0 spiro atoms. The monoisotopic (exact) mass is 610 g/mol. The highest BCUT2D eigenvalue weighted by molar-refractivity contribution is 6.35. The van der Waals surface area contributed by atoms with Crippen LogP contribution in [-0.2, 0) is 19.2 Å². The molecule has 1 unspecified atom stereocenters. The number of carbonyl (C=O) groups excluding carboxylic acids is 2. The lowest BCUT2D eigenvalue weighted by Crippen LogP contribution is -2.53. The summed E-state index contributed by atoms with van der Waals surface area (Å²) in [6, 6.07) is 8.86. The summed E-state index contributed by atoms with van der Waals surface area (Å²) in [6.45, 7) is 0.333. The third kappa shape index (κ3) is 6.40. The summed E-state index contributed by atoms with van der Waals surface area (Å²) in [6.07, 6.45) is -0.944. The number of oxime groups is 1. The van der Waals surface area contributed by atoms with Gasteiger partial charge in [0.15, 0.2) is 23.2 Å². The van der Waals surface area contributed by atoms with Crippen molar-refractivity contribution in [1.82, 2.24) is 5.32 Å². The SMILES string of the molecule is CCC1(C(=O)N[C@@H](CC(=O)O)C(=O)COc2c(F)c(F)cc(F)c2F)CC(COc2ccc(Cl)c3ccccc23)=NO1. The van der Waals surface area contributed by atoms with Gasteiger partial charge in [0, 0.05) is 28.3 Å². The summed E-state index contributed by atoms with van der Waals surface area (Å²) in [5.74, 6) is -11.8. The van der Waals surface area contributed by atoms with Gasteiger partial charge in [-0.3, -0.25) is 14.4 Å². The summed E-state index contributed by atoms with van der Waals surface area (Å²) in [7, 11) is 0. The summed E-state index contributed by atoms with van der Waals surface area (Å²) >= 11 is 6.24. The number of nitrogens with one attached hydrogen (secondary N) is 1. The zero-order valence-electron chi connectivity index (χ0n) is 21.9. The summed E-state index contributed by atoms with van der Waals surface area (Å²) in [5, 5.41) is 17.5. The number of ketones is 1. The molecule has 9 nitrogen and oxygen atoms in total. The van der Waals surface area contributed by atoms with Crippen molar-refractivity contribution in [2.24, 2.45) is 5.16 Å².